The second kappa shape index (κ2) is 6.69. The average Bonchev–Trinajstić information content (AvgIpc) is 2.46. The first-order valence-corrected chi connectivity index (χ1v) is 8.26. The molecule has 1 spiro atoms. The van der Waals surface area contributed by atoms with E-state index in [0.29, 0.717) is 29.4 Å². The zero-order chi connectivity index (χ0) is 16.3. The van der Waals surface area contributed by atoms with Gasteiger partial charge in [0.2, 0.25) is 0 Å². The van der Waals surface area contributed by atoms with Crippen LogP contribution in [0.15, 0.2) is 29.4 Å². The van der Waals surface area contributed by atoms with E-state index in [-0.39, 0.29) is 12.1 Å². The Morgan fingerprint density at radius 1 is 1.30 bits per heavy atom. The van der Waals surface area contributed by atoms with E-state index >= 15 is 0 Å². The van der Waals surface area contributed by atoms with Gasteiger partial charge in [0, 0.05) is 29.1 Å². The van der Waals surface area contributed by atoms with Crippen molar-refractivity contribution in [3.05, 3.63) is 45.3 Å². The number of benzene rings is 1. The number of amides is 2. The van der Waals surface area contributed by atoms with E-state index in [0.717, 1.165) is 31.2 Å². The molecule has 2 fully saturated rings. The van der Waals surface area contributed by atoms with Crippen LogP contribution in [-0.4, -0.2) is 18.6 Å². The minimum atomic E-state index is -0.121. The number of rotatable bonds is 5. The van der Waals surface area contributed by atoms with Crippen LogP contribution in [0.25, 0.3) is 10.4 Å². The van der Waals surface area contributed by atoms with Crippen LogP contribution in [0.1, 0.15) is 31.2 Å². The normalized spacial score (nSPS) is 28.2. The number of nitrogens with one attached hydrogen (secondary N) is 2. The molecule has 1 aromatic rings. The number of azide groups is 1. The fourth-order valence-electron chi connectivity index (χ4n) is 3.89. The summed E-state index contributed by atoms with van der Waals surface area (Å²) >= 11 is 5.83. The first-order chi connectivity index (χ1) is 11.1. The summed E-state index contributed by atoms with van der Waals surface area (Å²) in [4.78, 5) is 14.7. The number of halogens is 1. The number of hydrogen-bond acceptors (Lipinski definition) is 2. The quantitative estimate of drug-likeness (QED) is 0.476. The highest BCUT2D eigenvalue weighted by atomic mass is 35.5. The third-order valence-electron chi connectivity index (χ3n) is 4.91. The van der Waals surface area contributed by atoms with Crippen LogP contribution < -0.4 is 10.6 Å². The van der Waals surface area contributed by atoms with Crippen LogP contribution in [-0.2, 0) is 6.54 Å². The fraction of sp³-hybridized carbons (Fsp3) is 0.562. The van der Waals surface area contributed by atoms with Gasteiger partial charge in [0.1, 0.15) is 0 Å². The van der Waals surface area contributed by atoms with Crippen molar-refractivity contribution in [3.63, 3.8) is 0 Å². The lowest BCUT2D eigenvalue weighted by molar-refractivity contribution is -0.0421. The molecule has 0 aliphatic heterocycles. The predicted molar refractivity (Wildman–Crippen MR) is 89.0 cm³/mol. The van der Waals surface area contributed by atoms with Crippen LogP contribution in [0.2, 0.25) is 5.02 Å². The molecule has 0 bridgehead atoms. The van der Waals surface area contributed by atoms with Gasteiger partial charge in [-0.2, -0.15) is 0 Å². The topological polar surface area (TPSA) is 89.9 Å². The highest BCUT2D eigenvalue weighted by Crippen LogP contribution is 2.58. The summed E-state index contributed by atoms with van der Waals surface area (Å²) in [5.74, 6) is 0.533. The van der Waals surface area contributed by atoms with Crippen molar-refractivity contribution in [3.8, 4) is 0 Å². The average molecular weight is 334 g/mol. The molecule has 6 nitrogen and oxygen atoms in total. The zero-order valence-electron chi connectivity index (χ0n) is 12.8. The fourth-order valence-corrected chi connectivity index (χ4v) is 4.01. The van der Waals surface area contributed by atoms with Crippen LogP contribution in [0.5, 0.6) is 0 Å². The van der Waals surface area contributed by atoms with Gasteiger partial charge in [-0.3, -0.25) is 0 Å². The van der Waals surface area contributed by atoms with Crippen molar-refractivity contribution in [2.24, 2.45) is 16.4 Å². The minimum Gasteiger partial charge on any atom is -0.335 e. The van der Waals surface area contributed by atoms with E-state index in [1.165, 1.54) is 0 Å². The lowest BCUT2D eigenvalue weighted by atomic mass is 9.50. The molecule has 23 heavy (non-hydrogen) atoms. The summed E-state index contributed by atoms with van der Waals surface area (Å²) in [5, 5.41) is 10.2. The summed E-state index contributed by atoms with van der Waals surface area (Å²) in [6.07, 6.45) is 4.31. The molecule has 0 aromatic heterocycles. The molecule has 0 saturated heterocycles. The SMILES string of the molecule is [N-]=[N+]=NCC1CC2(C1)CC(NC(=O)NCc1ccc(Cl)cc1)C2. The first kappa shape index (κ1) is 16.0. The number of carbonyl (C=O) groups excluding carboxylic acids is 1. The van der Waals surface area contributed by atoms with E-state index in [4.69, 9.17) is 17.1 Å². The molecule has 1 aromatic carbocycles. The Kier molecular flexibility index (Phi) is 4.64. The van der Waals surface area contributed by atoms with E-state index in [9.17, 15) is 4.79 Å². The van der Waals surface area contributed by atoms with Gasteiger partial charge in [0.25, 0.3) is 0 Å². The maximum atomic E-state index is 11.9. The molecule has 2 N–H and O–H groups in total. The van der Waals surface area contributed by atoms with E-state index in [1.807, 2.05) is 24.3 Å². The largest absolute Gasteiger partial charge is 0.335 e. The number of hydrogen-bond donors (Lipinski definition) is 2. The van der Waals surface area contributed by atoms with E-state index < -0.39 is 0 Å². The van der Waals surface area contributed by atoms with Crippen LogP contribution in [0.4, 0.5) is 4.79 Å². The van der Waals surface area contributed by atoms with Gasteiger partial charge in [0.05, 0.1) is 0 Å². The number of urea groups is 1. The Hall–Kier alpha value is -1.91. The molecular formula is C16H20ClN5O. The molecule has 0 heterocycles. The third-order valence-corrected chi connectivity index (χ3v) is 5.16. The van der Waals surface area contributed by atoms with Gasteiger partial charge in [-0.05, 0) is 60.2 Å². The van der Waals surface area contributed by atoms with Gasteiger partial charge in [-0.15, -0.1) is 0 Å². The molecule has 7 heteroatoms. The predicted octanol–water partition coefficient (Wildman–Crippen LogP) is 4.01. The Morgan fingerprint density at radius 2 is 2.00 bits per heavy atom. The van der Waals surface area contributed by atoms with Crippen molar-refractivity contribution in [1.82, 2.24) is 10.6 Å². The standard InChI is InChI=1S/C16H20ClN5O/c17-13-3-1-11(2-4-13)9-19-15(23)21-14-7-16(8-14)5-12(6-16)10-20-22-18/h1-4,12,14H,5-10H2,(H2,19,21,23). The summed E-state index contributed by atoms with van der Waals surface area (Å²) in [7, 11) is 0. The Balaban J connectivity index is 1.33. The molecule has 2 saturated carbocycles. The highest BCUT2D eigenvalue weighted by Gasteiger charge is 2.52. The summed E-state index contributed by atoms with van der Waals surface area (Å²) in [5.41, 5.74) is 9.74. The second-order valence-electron chi connectivity index (χ2n) is 6.75. The second-order valence-corrected chi connectivity index (χ2v) is 7.18. The summed E-state index contributed by atoms with van der Waals surface area (Å²) < 4.78 is 0. The van der Waals surface area contributed by atoms with Crippen LogP contribution in [0, 0.1) is 11.3 Å². The first-order valence-electron chi connectivity index (χ1n) is 7.88. The molecule has 3 rings (SSSR count). The van der Waals surface area contributed by atoms with Crippen molar-refractivity contribution in [2.45, 2.75) is 38.3 Å². The molecule has 0 radical (unpaired) electrons. The molecule has 122 valence electrons. The maximum absolute atomic E-state index is 11.9. The number of carbonyl (C=O) groups is 1. The van der Waals surface area contributed by atoms with Gasteiger partial charge in [0.15, 0.2) is 0 Å². The Labute approximate surface area is 140 Å². The molecule has 2 aliphatic carbocycles. The van der Waals surface area contributed by atoms with Gasteiger partial charge in [-0.1, -0.05) is 28.8 Å². The lowest BCUT2D eigenvalue weighted by Gasteiger charge is -2.57. The Morgan fingerprint density at radius 3 is 2.65 bits per heavy atom. The van der Waals surface area contributed by atoms with Crippen molar-refractivity contribution < 1.29 is 4.79 Å². The van der Waals surface area contributed by atoms with Gasteiger partial charge in [-0.25, -0.2) is 4.79 Å². The summed E-state index contributed by atoms with van der Waals surface area (Å²) in [6, 6.07) is 7.58. The van der Waals surface area contributed by atoms with Crippen molar-refractivity contribution in [2.75, 3.05) is 6.54 Å². The third kappa shape index (κ3) is 3.89. The van der Waals surface area contributed by atoms with Crippen molar-refractivity contribution >= 4 is 17.6 Å². The van der Waals surface area contributed by atoms with Gasteiger partial charge < -0.3 is 10.6 Å². The van der Waals surface area contributed by atoms with Gasteiger partial charge >= 0.3 is 6.03 Å². The van der Waals surface area contributed by atoms with Crippen LogP contribution in [0.3, 0.4) is 0 Å². The molecule has 0 atom stereocenters. The molecule has 0 unspecified atom stereocenters. The van der Waals surface area contributed by atoms with E-state index in [2.05, 4.69) is 20.7 Å². The smallest absolute Gasteiger partial charge is 0.315 e. The van der Waals surface area contributed by atoms with E-state index in [1.54, 1.807) is 0 Å². The highest BCUT2D eigenvalue weighted by molar-refractivity contribution is 6.30. The minimum absolute atomic E-state index is 0.121. The number of nitrogens with zero attached hydrogens (tertiary/aromatic N) is 3. The monoisotopic (exact) mass is 333 g/mol. The molecule has 2 amide bonds. The lowest BCUT2D eigenvalue weighted by Crippen LogP contribution is -2.57. The zero-order valence-corrected chi connectivity index (χ0v) is 13.6. The molecule has 2 aliphatic rings. The maximum Gasteiger partial charge on any atom is 0.315 e. The summed E-state index contributed by atoms with van der Waals surface area (Å²) in [6.45, 7) is 1.10. The van der Waals surface area contributed by atoms with Crippen molar-refractivity contribution in [1.29, 1.82) is 0 Å². The van der Waals surface area contributed by atoms with Crippen LogP contribution >= 0.6 is 11.6 Å². The molecular weight excluding hydrogens is 314 g/mol. The Bertz CT molecular complexity index is 612.